The molecule has 0 aromatic heterocycles. The lowest BCUT2D eigenvalue weighted by Crippen LogP contribution is -2.35. The third-order valence-corrected chi connectivity index (χ3v) is 4.28. The molecule has 3 nitrogen and oxygen atoms in total. The first kappa shape index (κ1) is 15.2. The van der Waals surface area contributed by atoms with Gasteiger partial charge in [0, 0.05) is 17.6 Å². The molecule has 0 spiro atoms. The number of rotatable bonds is 4. The van der Waals surface area contributed by atoms with E-state index in [0.717, 1.165) is 11.1 Å². The molecule has 2 aromatic carbocycles. The summed E-state index contributed by atoms with van der Waals surface area (Å²) in [5.74, 6) is -0.585. The van der Waals surface area contributed by atoms with E-state index in [1.165, 1.54) is 6.92 Å². The van der Waals surface area contributed by atoms with E-state index in [-0.39, 0.29) is 5.78 Å². The maximum atomic E-state index is 12.5. The third-order valence-electron chi connectivity index (χ3n) is 4.28. The highest BCUT2D eigenvalue weighted by Crippen LogP contribution is 2.41. The molecule has 3 heteroatoms. The first-order chi connectivity index (χ1) is 11.0. The van der Waals surface area contributed by atoms with E-state index < -0.39 is 11.6 Å². The van der Waals surface area contributed by atoms with Crippen LogP contribution in [-0.2, 0) is 20.7 Å². The highest BCUT2D eigenvalue weighted by Gasteiger charge is 2.47. The van der Waals surface area contributed by atoms with E-state index in [2.05, 4.69) is 0 Å². The Morgan fingerprint density at radius 2 is 1.57 bits per heavy atom. The van der Waals surface area contributed by atoms with Crippen molar-refractivity contribution in [3.8, 4) is 0 Å². The van der Waals surface area contributed by atoms with Gasteiger partial charge in [-0.15, -0.1) is 0 Å². The highest BCUT2D eigenvalue weighted by molar-refractivity contribution is 6.13. The quantitative estimate of drug-likeness (QED) is 0.811. The zero-order valence-corrected chi connectivity index (χ0v) is 13.2. The number of hydrogen-bond acceptors (Lipinski definition) is 3. The molecule has 1 heterocycles. The first-order valence-corrected chi connectivity index (χ1v) is 7.59. The topological polar surface area (TPSA) is 43.4 Å². The van der Waals surface area contributed by atoms with Crippen LogP contribution in [0, 0.1) is 0 Å². The number of carbonyl (C=O) groups excluding carboxylic acids is 2. The molecule has 0 amide bonds. The van der Waals surface area contributed by atoms with Crippen LogP contribution in [0.2, 0.25) is 0 Å². The third kappa shape index (κ3) is 2.70. The van der Waals surface area contributed by atoms with Crippen molar-refractivity contribution in [2.24, 2.45) is 0 Å². The van der Waals surface area contributed by atoms with Gasteiger partial charge in [0.05, 0.1) is 0 Å². The molecule has 0 bridgehead atoms. The van der Waals surface area contributed by atoms with Gasteiger partial charge in [0.25, 0.3) is 0 Å². The monoisotopic (exact) mass is 306 g/mol. The van der Waals surface area contributed by atoms with E-state index in [1.807, 2.05) is 60.7 Å². The summed E-state index contributed by atoms with van der Waals surface area (Å²) in [5.41, 5.74) is 1.88. The molecule has 3 rings (SSSR count). The second-order valence-electron chi connectivity index (χ2n) is 5.86. The molecule has 23 heavy (non-hydrogen) atoms. The molecular formula is C20H18O3. The van der Waals surface area contributed by atoms with Gasteiger partial charge in [0.1, 0.15) is 0 Å². The molecule has 0 saturated carbocycles. The number of benzene rings is 2. The minimum atomic E-state index is -1.22. The molecule has 1 aliphatic rings. The predicted octanol–water partition coefficient (Wildman–Crippen LogP) is 3.59. The predicted molar refractivity (Wildman–Crippen MR) is 88.7 cm³/mol. The summed E-state index contributed by atoms with van der Waals surface area (Å²) in [4.78, 5) is 24.6. The summed E-state index contributed by atoms with van der Waals surface area (Å²) < 4.78 is 5.50. The SMILES string of the molecule is CC(=O)C1(C)OC(=O)C(Cc2ccccc2)=C1c1ccccc1. The Hall–Kier alpha value is -2.68. The number of carbonyl (C=O) groups is 2. The fourth-order valence-electron chi connectivity index (χ4n) is 2.95. The summed E-state index contributed by atoms with van der Waals surface area (Å²) >= 11 is 0. The van der Waals surface area contributed by atoms with Crippen molar-refractivity contribution in [2.75, 3.05) is 0 Å². The van der Waals surface area contributed by atoms with Crippen molar-refractivity contribution < 1.29 is 14.3 Å². The maximum absolute atomic E-state index is 12.5. The number of hydrogen-bond donors (Lipinski definition) is 0. The molecule has 0 fully saturated rings. The van der Waals surface area contributed by atoms with Crippen molar-refractivity contribution in [3.63, 3.8) is 0 Å². The average Bonchev–Trinajstić information content (AvgIpc) is 2.81. The molecule has 1 unspecified atom stereocenters. The van der Waals surface area contributed by atoms with Crippen molar-refractivity contribution in [2.45, 2.75) is 25.9 Å². The second-order valence-corrected chi connectivity index (χ2v) is 5.86. The molecule has 1 aliphatic heterocycles. The lowest BCUT2D eigenvalue weighted by atomic mass is 9.84. The smallest absolute Gasteiger partial charge is 0.336 e. The minimum absolute atomic E-state index is 0.173. The van der Waals surface area contributed by atoms with Crippen molar-refractivity contribution in [3.05, 3.63) is 77.4 Å². The molecule has 0 aliphatic carbocycles. The van der Waals surface area contributed by atoms with Crippen LogP contribution in [0.3, 0.4) is 0 Å². The Bertz CT molecular complexity index is 775. The van der Waals surface area contributed by atoms with Gasteiger partial charge in [-0.3, -0.25) is 4.79 Å². The van der Waals surface area contributed by atoms with Gasteiger partial charge in [-0.25, -0.2) is 4.79 Å². The lowest BCUT2D eigenvalue weighted by molar-refractivity contribution is -0.152. The number of esters is 1. The second kappa shape index (κ2) is 5.84. The van der Waals surface area contributed by atoms with Crippen molar-refractivity contribution in [1.29, 1.82) is 0 Å². The summed E-state index contributed by atoms with van der Waals surface area (Å²) in [6, 6.07) is 19.2. The fourth-order valence-corrected chi connectivity index (χ4v) is 2.95. The van der Waals surface area contributed by atoms with E-state index in [0.29, 0.717) is 17.6 Å². The van der Waals surface area contributed by atoms with E-state index in [4.69, 9.17) is 4.74 Å². The normalized spacial score (nSPS) is 20.5. The Kier molecular flexibility index (Phi) is 3.87. The van der Waals surface area contributed by atoms with Gasteiger partial charge < -0.3 is 4.74 Å². The van der Waals surface area contributed by atoms with Crippen LogP contribution in [0.4, 0.5) is 0 Å². The summed E-state index contributed by atoms with van der Waals surface area (Å²) in [7, 11) is 0. The fraction of sp³-hybridized carbons (Fsp3) is 0.200. The number of ketones is 1. The largest absolute Gasteiger partial charge is 0.443 e. The highest BCUT2D eigenvalue weighted by atomic mass is 16.6. The van der Waals surface area contributed by atoms with E-state index in [1.54, 1.807) is 6.92 Å². The molecular weight excluding hydrogens is 288 g/mol. The van der Waals surface area contributed by atoms with Gasteiger partial charge in [0.15, 0.2) is 11.4 Å². The van der Waals surface area contributed by atoms with Gasteiger partial charge in [-0.2, -0.15) is 0 Å². The first-order valence-electron chi connectivity index (χ1n) is 7.59. The summed E-state index contributed by atoms with van der Waals surface area (Å²) in [6.07, 6.45) is 0.451. The summed E-state index contributed by atoms with van der Waals surface area (Å²) in [5, 5.41) is 0. The standard InChI is InChI=1S/C20H18O3/c1-14(21)20(2)18(16-11-7-4-8-12-16)17(19(22)23-20)13-15-9-5-3-6-10-15/h3-12H,13H2,1-2H3. The van der Waals surface area contributed by atoms with Crippen LogP contribution in [0.15, 0.2) is 66.2 Å². The van der Waals surface area contributed by atoms with Gasteiger partial charge in [-0.05, 0) is 25.0 Å². The Balaban J connectivity index is 2.16. The number of ether oxygens (including phenoxy) is 1. The Morgan fingerprint density at radius 1 is 1.00 bits per heavy atom. The minimum Gasteiger partial charge on any atom is -0.443 e. The molecule has 2 aromatic rings. The van der Waals surface area contributed by atoms with E-state index >= 15 is 0 Å². The molecule has 116 valence electrons. The number of Topliss-reactive ketones (excluding diaryl/α,β-unsaturated/α-hetero) is 1. The van der Waals surface area contributed by atoms with Crippen LogP contribution >= 0.6 is 0 Å². The van der Waals surface area contributed by atoms with Crippen LogP contribution in [-0.4, -0.2) is 17.4 Å². The number of cyclic esters (lactones) is 1. The average molecular weight is 306 g/mol. The van der Waals surface area contributed by atoms with Crippen LogP contribution in [0.5, 0.6) is 0 Å². The van der Waals surface area contributed by atoms with Crippen molar-refractivity contribution >= 4 is 17.3 Å². The van der Waals surface area contributed by atoms with Crippen LogP contribution in [0.1, 0.15) is 25.0 Å². The Labute approximate surface area is 135 Å². The van der Waals surface area contributed by atoms with Crippen LogP contribution < -0.4 is 0 Å². The van der Waals surface area contributed by atoms with Crippen molar-refractivity contribution in [1.82, 2.24) is 0 Å². The summed E-state index contributed by atoms with van der Waals surface area (Å²) in [6.45, 7) is 3.13. The van der Waals surface area contributed by atoms with E-state index in [9.17, 15) is 9.59 Å². The van der Waals surface area contributed by atoms with Gasteiger partial charge in [-0.1, -0.05) is 60.7 Å². The van der Waals surface area contributed by atoms with Gasteiger partial charge >= 0.3 is 5.97 Å². The Morgan fingerprint density at radius 3 is 2.13 bits per heavy atom. The molecule has 0 saturated heterocycles. The molecule has 0 N–H and O–H groups in total. The molecule has 0 radical (unpaired) electrons. The zero-order chi connectivity index (χ0) is 16.4. The maximum Gasteiger partial charge on any atom is 0.336 e. The van der Waals surface area contributed by atoms with Gasteiger partial charge in [0.2, 0.25) is 0 Å². The molecule has 1 atom stereocenters. The lowest BCUT2D eigenvalue weighted by Gasteiger charge is -2.23. The van der Waals surface area contributed by atoms with Crippen LogP contribution in [0.25, 0.3) is 5.57 Å². The zero-order valence-electron chi connectivity index (χ0n) is 13.2.